The number of carbonyl (C=O) groups excluding carboxylic acids is 2. The van der Waals surface area contributed by atoms with Gasteiger partial charge in [-0.05, 0) is 37.3 Å². The Bertz CT molecular complexity index is 922. The molecule has 4 unspecified atom stereocenters. The zero-order chi connectivity index (χ0) is 22.6. The number of hydrogen-bond donors (Lipinski definition) is 1. The number of carbonyl (C=O) groups is 2. The van der Waals surface area contributed by atoms with Crippen molar-refractivity contribution in [3.05, 3.63) is 71.8 Å². The zero-order valence-corrected chi connectivity index (χ0v) is 18.5. The highest BCUT2D eigenvalue weighted by Crippen LogP contribution is 2.38. The number of piperidine rings is 1. The SMILES string of the molecule is COC1(C(C)OCc2ccccc2)NC(=O)C2CCCC1N2C(=O)OCc1ccccc1. The fourth-order valence-corrected chi connectivity index (χ4v) is 4.73. The fourth-order valence-electron chi connectivity index (χ4n) is 4.73. The summed E-state index contributed by atoms with van der Waals surface area (Å²) in [6.07, 6.45) is 1.11. The van der Waals surface area contributed by atoms with Crippen LogP contribution in [0.5, 0.6) is 0 Å². The van der Waals surface area contributed by atoms with Gasteiger partial charge in [0.25, 0.3) is 0 Å². The quantitative estimate of drug-likeness (QED) is 0.715. The van der Waals surface area contributed by atoms with Crippen LogP contribution < -0.4 is 5.32 Å². The molecule has 170 valence electrons. The first kappa shape index (κ1) is 22.3. The van der Waals surface area contributed by atoms with E-state index >= 15 is 0 Å². The number of hydrogen-bond acceptors (Lipinski definition) is 5. The molecule has 2 fully saturated rings. The molecule has 0 aliphatic carbocycles. The van der Waals surface area contributed by atoms with Crippen LogP contribution in [-0.2, 0) is 32.2 Å². The van der Waals surface area contributed by atoms with Gasteiger partial charge in [-0.15, -0.1) is 0 Å². The van der Waals surface area contributed by atoms with Gasteiger partial charge in [-0.25, -0.2) is 4.79 Å². The summed E-state index contributed by atoms with van der Waals surface area (Å²) in [6.45, 7) is 2.39. The maximum Gasteiger partial charge on any atom is 0.411 e. The minimum atomic E-state index is -1.16. The number of fused-ring (bicyclic) bond motifs is 2. The highest BCUT2D eigenvalue weighted by atomic mass is 16.6. The van der Waals surface area contributed by atoms with E-state index in [0.29, 0.717) is 19.4 Å². The van der Waals surface area contributed by atoms with E-state index in [1.807, 2.05) is 67.6 Å². The van der Waals surface area contributed by atoms with Crippen LogP contribution in [-0.4, -0.2) is 47.9 Å². The minimum absolute atomic E-state index is 0.150. The maximum absolute atomic E-state index is 13.2. The van der Waals surface area contributed by atoms with Crippen LogP contribution in [0.4, 0.5) is 4.79 Å². The molecule has 0 saturated carbocycles. The normalized spacial score (nSPS) is 25.7. The summed E-state index contributed by atoms with van der Waals surface area (Å²) in [5, 5.41) is 3.04. The molecule has 2 heterocycles. The molecule has 2 bridgehead atoms. The summed E-state index contributed by atoms with van der Waals surface area (Å²) < 4.78 is 17.7. The lowest BCUT2D eigenvalue weighted by atomic mass is 9.82. The fraction of sp³-hybridized carbons (Fsp3) is 0.440. The lowest BCUT2D eigenvalue weighted by molar-refractivity contribution is -0.210. The topological polar surface area (TPSA) is 77.1 Å². The van der Waals surface area contributed by atoms with E-state index in [4.69, 9.17) is 14.2 Å². The molecule has 7 heteroatoms. The molecule has 1 N–H and O–H groups in total. The first-order valence-corrected chi connectivity index (χ1v) is 11.1. The number of piperazine rings is 1. The van der Waals surface area contributed by atoms with E-state index < -0.39 is 30.0 Å². The molecule has 32 heavy (non-hydrogen) atoms. The second kappa shape index (κ2) is 9.71. The second-order valence-electron chi connectivity index (χ2n) is 8.34. The van der Waals surface area contributed by atoms with Crippen LogP contribution in [0.2, 0.25) is 0 Å². The van der Waals surface area contributed by atoms with Gasteiger partial charge in [0.15, 0.2) is 5.72 Å². The molecule has 4 atom stereocenters. The molecule has 0 radical (unpaired) electrons. The molecule has 2 aromatic carbocycles. The first-order valence-electron chi connectivity index (χ1n) is 11.1. The van der Waals surface area contributed by atoms with Crippen LogP contribution in [0, 0.1) is 0 Å². The number of nitrogens with one attached hydrogen (secondary N) is 1. The minimum Gasteiger partial charge on any atom is -0.445 e. The van der Waals surface area contributed by atoms with E-state index in [9.17, 15) is 9.59 Å². The monoisotopic (exact) mass is 438 g/mol. The number of rotatable bonds is 7. The van der Waals surface area contributed by atoms with Crippen LogP contribution in [0.1, 0.15) is 37.3 Å². The third-order valence-corrected chi connectivity index (χ3v) is 6.44. The van der Waals surface area contributed by atoms with Crippen molar-refractivity contribution >= 4 is 12.0 Å². The Kier molecular flexibility index (Phi) is 6.77. The van der Waals surface area contributed by atoms with Crippen molar-refractivity contribution in [2.45, 2.75) is 63.3 Å². The van der Waals surface area contributed by atoms with E-state index in [2.05, 4.69) is 5.32 Å². The first-order chi connectivity index (χ1) is 15.5. The average Bonchev–Trinajstić information content (AvgIpc) is 2.84. The molecule has 7 nitrogen and oxygen atoms in total. The molecular formula is C25H30N2O5. The Balaban J connectivity index is 1.53. The van der Waals surface area contributed by atoms with Gasteiger partial charge in [-0.3, -0.25) is 9.69 Å². The Hall–Kier alpha value is -2.90. The molecule has 0 spiro atoms. The number of nitrogens with zero attached hydrogens (tertiary/aromatic N) is 1. The van der Waals surface area contributed by atoms with Crippen LogP contribution >= 0.6 is 0 Å². The Morgan fingerprint density at radius 1 is 1.06 bits per heavy atom. The Morgan fingerprint density at radius 3 is 2.31 bits per heavy atom. The van der Waals surface area contributed by atoms with Crippen molar-refractivity contribution in [3.8, 4) is 0 Å². The van der Waals surface area contributed by atoms with Crippen molar-refractivity contribution in [2.75, 3.05) is 7.11 Å². The molecule has 2 aliphatic heterocycles. The van der Waals surface area contributed by atoms with Gasteiger partial charge >= 0.3 is 6.09 Å². The van der Waals surface area contributed by atoms with Crippen LogP contribution in [0.25, 0.3) is 0 Å². The predicted octanol–water partition coefficient (Wildman–Crippen LogP) is 3.62. The summed E-state index contributed by atoms with van der Waals surface area (Å²) in [4.78, 5) is 27.8. The molecule has 2 aromatic rings. The van der Waals surface area contributed by atoms with E-state index in [0.717, 1.165) is 17.5 Å². The van der Waals surface area contributed by atoms with Crippen molar-refractivity contribution < 1.29 is 23.8 Å². The predicted molar refractivity (Wildman–Crippen MR) is 118 cm³/mol. The summed E-state index contributed by atoms with van der Waals surface area (Å²) in [7, 11) is 1.55. The number of ether oxygens (including phenoxy) is 3. The highest BCUT2D eigenvalue weighted by molar-refractivity contribution is 5.88. The van der Waals surface area contributed by atoms with Gasteiger partial charge < -0.3 is 19.5 Å². The van der Waals surface area contributed by atoms with Gasteiger partial charge in [0.05, 0.1) is 12.6 Å². The third-order valence-electron chi connectivity index (χ3n) is 6.44. The summed E-state index contributed by atoms with van der Waals surface area (Å²) >= 11 is 0. The van der Waals surface area contributed by atoms with Crippen molar-refractivity contribution in [1.82, 2.24) is 10.2 Å². The summed E-state index contributed by atoms with van der Waals surface area (Å²) in [5.74, 6) is -0.241. The zero-order valence-electron chi connectivity index (χ0n) is 18.5. The van der Waals surface area contributed by atoms with Crippen LogP contribution in [0.3, 0.4) is 0 Å². The standard InChI is InChI=1S/C25H30N2O5/c1-18(31-16-19-10-5-3-6-11-19)25(30-2)22-15-9-14-21(23(28)26-25)27(22)24(29)32-17-20-12-7-4-8-13-20/h3-8,10-13,18,21-22H,9,14-17H2,1-2H3,(H,26,28). The molecule has 2 saturated heterocycles. The molecule has 4 rings (SSSR count). The second-order valence-corrected chi connectivity index (χ2v) is 8.34. The largest absolute Gasteiger partial charge is 0.445 e. The number of methoxy groups -OCH3 is 1. The smallest absolute Gasteiger partial charge is 0.411 e. The van der Waals surface area contributed by atoms with Gasteiger partial charge in [0, 0.05) is 7.11 Å². The van der Waals surface area contributed by atoms with Gasteiger partial charge in [-0.1, -0.05) is 60.7 Å². The van der Waals surface area contributed by atoms with Crippen LogP contribution in [0.15, 0.2) is 60.7 Å². The number of benzene rings is 2. The van der Waals surface area contributed by atoms with Crippen molar-refractivity contribution in [3.63, 3.8) is 0 Å². The molecule has 0 aromatic heterocycles. The van der Waals surface area contributed by atoms with Crippen molar-refractivity contribution in [2.24, 2.45) is 0 Å². The van der Waals surface area contributed by atoms with E-state index in [1.165, 1.54) is 0 Å². The lowest BCUT2D eigenvalue weighted by Gasteiger charge is -2.55. The Morgan fingerprint density at radius 2 is 1.69 bits per heavy atom. The van der Waals surface area contributed by atoms with E-state index in [-0.39, 0.29) is 12.5 Å². The lowest BCUT2D eigenvalue weighted by Crippen LogP contribution is -2.78. The van der Waals surface area contributed by atoms with Gasteiger partial charge in [0.1, 0.15) is 18.8 Å². The third kappa shape index (κ3) is 4.36. The summed E-state index contributed by atoms with van der Waals surface area (Å²) in [6, 6.07) is 18.4. The van der Waals surface area contributed by atoms with Crippen molar-refractivity contribution in [1.29, 1.82) is 0 Å². The Labute approximate surface area is 188 Å². The maximum atomic E-state index is 13.2. The summed E-state index contributed by atoms with van der Waals surface area (Å²) in [5.41, 5.74) is 0.757. The molecule has 2 amide bonds. The van der Waals surface area contributed by atoms with Gasteiger partial charge in [-0.2, -0.15) is 0 Å². The molecular weight excluding hydrogens is 408 g/mol. The number of amides is 2. The van der Waals surface area contributed by atoms with Gasteiger partial charge in [0.2, 0.25) is 5.91 Å². The molecule has 2 aliphatic rings. The highest BCUT2D eigenvalue weighted by Gasteiger charge is 2.58. The average molecular weight is 439 g/mol. The van der Waals surface area contributed by atoms with E-state index in [1.54, 1.807) is 12.0 Å².